The molecule has 1 aromatic rings. The van der Waals surface area contributed by atoms with Crippen LogP contribution in [-0.4, -0.2) is 31.7 Å². The first-order valence-corrected chi connectivity index (χ1v) is 7.36. The van der Waals surface area contributed by atoms with Crippen LogP contribution in [0.4, 0.5) is 0 Å². The molecular formula is C15H21ClN2O2. The Kier molecular flexibility index (Phi) is 5.40. The summed E-state index contributed by atoms with van der Waals surface area (Å²) in [4.78, 5) is 12.3. The van der Waals surface area contributed by atoms with Crippen molar-refractivity contribution in [1.82, 2.24) is 10.6 Å². The number of amides is 1. The number of carbonyl (C=O) groups excluding carboxylic acids is 1. The second-order valence-electron chi connectivity index (χ2n) is 5.09. The van der Waals surface area contributed by atoms with Gasteiger partial charge in [-0.25, -0.2) is 0 Å². The van der Waals surface area contributed by atoms with E-state index in [1.165, 1.54) is 0 Å². The summed E-state index contributed by atoms with van der Waals surface area (Å²) in [6.45, 7) is 5.90. The van der Waals surface area contributed by atoms with Crippen molar-refractivity contribution in [2.24, 2.45) is 5.92 Å². The summed E-state index contributed by atoms with van der Waals surface area (Å²) in [7, 11) is 0. The van der Waals surface area contributed by atoms with Crippen molar-refractivity contribution >= 4 is 17.5 Å². The van der Waals surface area contributed by atoms with Crippen LogP contribution in [0.1, 0.15) is 25.5 Å². The van der Waals surface area contributed by atoms with Crippen molar-refractivity contribution in [1.29, 1.82) is 0 Å². The van der Waals surface area contributed by atoms with Crippen molar-refractivity contribution in [2.75, 3.05) is 19.8 Å². The molecule has 5 heteroatoms. The summed E-state index contributed by atoms with van der Waals surface area (Å²) < 4.78 is 5.41. The van der Waals surface area contributed by atoms with Crippen LogP contribution in [0.25, 0.3) is 0 Å². The predicted octanol–water partition coefficient (Wildman–Crippen LogP) is 2.14. The first-order chi connectivity index (χ1) is 9.61. The van der Waals surface area contributed by atoms with Gasteiger partial charge in [-0.15, -0.1) is 0 Å². The SMILES string of the molecule is CCNC1COCC1C(=O)N[C@H](C)c1cccc(Cl)c1. The van der Waals surface area contributed by atoms with E-state index in [4.69, 9.17) is 16.3 Å². The van der Waals surface area contributed by atoms with Crippen LogP contribution >= 0.6 is 11.6 Å². The minimum Gasteiger partial charge on any atom is -0.379 e. The zero-order valence-electron chi connectivity index (χ0n) is 11.9. The second-order valence-corrected chi connectivity index (χ2v) is 5.53. The molecule has 0 radical (unpaired) electrons. The minimum absolute atomic E-state index is 0.0286. The Bertz CT molecular complexity index is 467. The quantitative estimate of drug-likeness (QED) is 0.875. The third-order valence-corrected chi connectivity index (χ3v) is 3.83. The monoisotopic (exact) mass is 296 g/mol. The molecule has 0 saturated carbocycles. The van der Waals surface area contributed by atoms with Crippen molar-refractivity contribution in [3.63, 3.8) is 0 Å². The van der Waals surface area contributed by atoms with Crippen molar-refractivity contribution in [2.45, 2.75) is 25.9 Å². The lowest BCUT2D eigenvalue weighted by molar-refractivity contribution is -0.126. The molecule has 0 bridgehead atoms. The van der Waals surface area contributed by atoms with Crippen molar-refractivity contribution < 1.29 is 9.53 Å². The number of hydrogen-bond donors (Lipinski definition) is 2. The fourth-order valence-corrected chi connectivity index (χ4v) is 2.65. The number of ether oxygens (including phenoxy) is 1. The molecule has 2 unspecified atom stereocenters. The van der Waals surface area contributed by atoms with Crippen LogP contribution in [-0.2, 0) is 9.53 Å². The van der Waals surface area contributed by atoms with Gasteiger partial charge in [0.05, 0.1) is 25.2 Å². The van der Waals surface area contributed by atoms with Crippen LogP contribution in [0.5, 0.6) is 0 Å². The van der Waals surface area contributed by atoms with E-state index in [1.54, 1.807) is 0 Å². The average molecular weight is 297 g/mol. The number of carbonyl (C=O) groups is 1. The Hall–Kier alpha value is -1.10. The highest BCUT2D eigenvalue weighted by Crippen LogP contribution is 2.19. The highest BCUT2D eigenvalue weighted by atomic mass is 35.5. The predicted molar refractivity (Wildman–Crippen MR) is 79.8 cm³/mol. The second kappa shape index (κ2) is 7.07. The number of hydrogen-bond acceptors (Lipinski definition) is 3. The number of likely N-dealkylation sites (N-methyl/N-ethyl adjacent to an activating group) is 1. The molecule has 3 atom stereocenters. The standard InChI is InChI=1S/C15H21ClN2O2/c1-3-17-14-9-20-8-13(14)15(19)18-10(2)11-5-4-6-12(16)7-11/h4-7,10,13-14,17H,3,8-9H2,1-2H3,(H,18,19)/t10-,13?,14?/m1/s1. The highest BCUT2D eigenvalue weighted by molar-refractivity contribution is 6.30. The van der Waals surface area contributed by atoms with Gasteiger partial charge >= 0.3 is 0 Å². The number of halogens is 1. The fourth-order valence-electron chi connectivity index (χ4n) is 2.46. The maximum absolute atomic E-state index is 12.3. The van der Waals surface area contributed by atoms with E-state index in [0.717, 1.165) is 12.1 Å². The highest BCUT2D eigenvalue weighted by Gasteiger charge is 2.33. The fraction of sp³-hybridized carbons (Fsp3) is 0.533. The van der Waals surface area contributed by atoms with Gasteiger partial charge in [-0.3, -0.25) is 4.79 Å². The van der Waals surface area contributed by atoms with Gasteiger partial charge in [0.2, 0.25) is 5.91 Å². The van der Waals surface area contributed by atoms with Gasteiger partial charge in [0.1, 0.15) is 0 Å². The molecule has 0 spiro atoms. The average Bonchev–Trinajstić information content (AvgIpc) is 2.87. The molecule has 2 N–H and O–H groups in total. The number of nitrogens with one attached hydrogen (secondary N) is 2. The Morgan fingerprint density at radius 3 is 3.00 bits per heavy atom. The molecule has 0 aromatic heterocycles. The van der Waals surface area contributed by atoms with Crippen molar-refractivity contribution in [3.05, 3.63) is 34.9 Å². The summed E-state index contributed by atoms with van der Waals surface area (Å²) in [5, 5.41) is 7.01. The summed E-state index contributed by atoms with van der Waals surface area (Å²) >= 11 is 5.97. The summed E-state index contributed by atoms with van der Waals surface area (Å²) in [6.07, 6.45) is 0. The summed E-state index contributed by atoms with van der Waals surface area (Å²) in [5.41, 5.74) is 1.00. The van der Waals surface area contributed by atoms with Crippen LogP contribution in [0.3, 0.4) is 0 Å². The lowest BCUT2D eigenvalue weighted by atomic mass is 10.0. The third kappa shape index (κ3) is 3.72. The Balaban J connectivity index is 1.97. The molecule has 110 valence electrons. The zero-order chi connectivity index (χ0) is 14.5. The molecule has 1 amide bonds. The van der Waals surface area contributed by atoms with E-state index in [9.17, 15) is 4.79 Å². The molecule has 1 heterocycles. The van der Waals surface area contributed by atoms with E-state index in [1.807, 2.05) is 38.1 Å². The largest absolute Gasteiger partial charge is 0.379 e. The van der Waals surface area contributed by atoms with Gasteiger partial charge in [-0.1, -0.05) is 30.7 Å². The third-order valence-electron chi connectivity index (χ3n) is 3.59. The van der Waals surface area contributed by atoms with Gasteiger partial charge < -0.3 is 15.4 Å². The smallest absolute Gasteiger partial charge is 0.227 e. The molecule has 2 rings (SSSR count). The molecule has 20 heavy (non-hydrogen) atoms. The van der Waals surface area contributed by atoms with Crippen molar-refractivity contribution in [3.8, 4) is 0 Å². The van der Waals surface area contributed by atoms with E-state index in [-0.39, 0.29) is 23.9 Å². The maximum Gasteiger partial charge on any atom is 0.227 e. The summed E-state index contributed by atoms with van der Waals surface area (Å²) in [6, 6.07) is 7.59. The first kappa shape index (κ1) is 15.3. The molecule has 0 aliphatic carbocycles. The molecule has 1 aliphatic heterocycles. The molecule has 1 saturated heterocycles. The van der Waals surface area contributed by atoms with Crippen LogP contribution in [0.15, 0.2) is 24.3 Å². The summed E-state index contributed by atoms with van der Waals surface area (Å²) in [5.74, 6) is -0.0995. The minimum atomic E-state index is -0.128. The van der Waals surface area contributed by atoms with Gasteiger partial charge in [0.25, 0.3) is 0 Å². The maximum atomic E-state index is 12.3. The van der Waals surface area contributed by atoms with Crippen LogP contribution in [0, 0.1) is 5.92 Å². The molecule has 1 fully saturated rings. The van der Waals surface area contributed by atoms with E-state index in [2.05, 4.69) is 10.6 Å². The molecular weight excluding hydrogens is 276 g/mol. The molecule has 1 aliphatic rings. The Morgan fingerprint density at radius 2 is 2.30 bits per heavy atom. The Morgan fingerprint density at radius 1 is 1.50 bits per heavy atom. The van der Waals surface area contributed by atoms with Crippen LogP contribution in [0.2, 0.25) is 5.02 Å². The number of benzene rings is 1. The van der Waals surface area contributed by atoms with E-state index >= 15 is 0 Å². The van der Waals surface area contributed by atoms with Gasteiger partial charge in [-0.05, 0) is 31.2 Å². The first-order valence-electron chi connectivity index (χ1n) is 6.98. The lowest BCUT2D eigenvalue weighted by Gasteiger charge is -2.21. The number of rotatable bonds is 5. The lowest BCUT2D eigenvalue weighted by Crippen LogP contribution is -2.44. The van der Waals surface area contributed by atoms with E-state index in [0.29, 0.717) is 18.2 Å². The van der Waals surface area contributed by atoms with Gasteiger partial charge in [0.15, 0.2) is 0 Å². The van der Waals surface area contributed by atoms with E-state index < -0.39 is 0 Å². The normalized spacial score (nSPS) is 23.6. The molecule has 1 aromatic carbocycles. The Labute approximate surface area is 124 Å². The zero-order valence-corrected chi connectivity index (χ0v) is 12.6. The van der Waals surface area contributed by atoms with Gasteiger partial charge in [0, 0.05) is 11.1 Å². The molecule has 4 nitrogen and oxygen atoms in total. The topological polar surface area (TPSA) is 50.4 Å². The van der Waals surface area contributed by atoms with Gasteiger partial charge in [-0.2, -0.15) is 0 Å². The van der Waals surface area contributed by atoms with Crippen LogP contribution < -0.4 is 10.6 Å².